The van der Waals surface area contributed by atoms with Gasteiger partial charge in [-0.1, -0.05) is 12.1 Å². The highest BCUT2D eigenvalue weighted by Crippen LogP contribution is 2.20. The molecular formula is C24H32N6O7. The molecule has 3 amide bonds. The summed E-state index contributed by atoms with van der Waals surface area (Å²) in [6.45, 7) is 1.53. The number of benzene rings is 1. The van der Waals surface area contributed by atoms with Crippen LogP contribution >= 0.6 is 0 Å². The van der Waals surface area contributed by atoms with E-state index in [1.54, 1.807) is 12.1 Å². The molecule has 2 aromatic rings. The third kappa shape index (κ3) is 7.27. The van der Waals surface area contributed by atoms with Crippen molar-refractivity contribution in [3.05, 3.63) is 48.0 Å². The third-order valence-electron chi connectivity index (χ3n) is 6.21. The van der Waals surface area contributed by atoms with E-state index in [1.807, 2.05) is 0 Å². The number of imidazole rings is 1. The van der Waals surface area contributed by atoms with Gasteiger partial charge in [-0.2, -0.15) is 0 Å². The summed E-state index contributed by atoms with van der Waals surface area (Å²) in [5.41, 5.74) is 7.15. The minimum absolute atomic E-state index is 0.00644. The summed E-state index contributed by atoms with van der Waals surface area (Å²) in [7, 11) is 0. The molecule has 1 saturated heterocycles. The van der Waals surface area contributed by atoms with Crippen molar-refractivity contribution in [2.75, 3.05) is 6.54 Å². The van der Waals surface area contributed by atoms with E-state index in [0.29, 0.717) is 24.1 Å². The summed E-state index contributed by atoms with van der Waals surface area (Å²) in [6, 6.07) is 1.33. The lowest BCUT2D eigenvalue weighted by atomic mass is 10.0. The Morgan fingerprint density at radius 3 is 2.46 bits per heavy atom. The van der Waals surface area contributed by atoms with Crippen LogP contribution in [0.5, 0.6) is 5.75 Å². The zero-order valence-corrected chi connectivity index (χ0v) is 20.3. The van der Waals surface area contributed by atoms with Crippen molar-refractivity contribution in [2.45, 2.75) is 62.9 Å². The number of phenols is 1. The van der Waals surface area contributed by atoms with E-state index in [0.717, 1.165) is 0 Å². The molecule has 0 bridgehead atoms. The molecule has 13 nitrogen and oxygen atoms in total. The Kier molecular flexibility index (Phi) is 9.20. The molecule has 13 heteroatoms. The number of carbonyl (C=O) groups excluding carboxylic acids is 3. The summed E-state index contributed by atoms with van der Waals surface area (Å²) in [5.74, 6) is -3.24. The van der Waals surface area contributed by atoms with Crippen molar-refractivity contribution >= 4 is 23.7 Å². The Morgan fingerprint density at radius 2 is 1.86 bits per heavy atom. The molecule has 1 aromatic carbocycles. The quantitative estimate of drug-likeness (QED) is 0.188. The number of nitrogens with two attached hydrogens (primary N) is 1. The van der Waals surface area contributed by atoms with Gasteiger partial charge >= 0.3 is 5.97 Å². The van der Waals surface area contributed by atoms with Crippen molar-refractivity contribution in [3.63, 3.8) is 0 Å². The Morgan fingerprint density at radius 1 is 1.16 bits per heavy atom. The third-order valence-corrected chi connectivity index (χ3v) is 6.21. The first-order valence-electron chi connectivity index (χ1n) is 11.9. The summed E-state index contributed by atoms with van der Waals surface area (Å²) >= 11 is 0. The van der Waals surface area contributed by atoms with Crippen LogP contribution in [0.1, 0.15) is 31.0 Å². The number of aromatic hydroxyl groups is 1. The Labute approximate surface area is 213 Å². The molecule has 1 aliphatic rings. The van der Waals surface area contributed by atoms with Crippen LogP contribution in [0.15, 0.2) is 36.8 Å². The maximum absolute atomic E-state index is 13.4. The van der Waals surface area contributed by atoms with Crippen LogP contribution in [-0.2, 0) is 32.0 Å². The SMILES string of the molecule is CC(O)C(NC(=O)C(N)Cc1cnc[nH]1)C(=O)NC(Cc1ccc(O)cc1)C(=O)N1CCCC1C(=O)O. The number of aliphatic carboxylic acids is 1. The summed E-state index contributed by atoms with van der Waals surface area (Å²) < 4.78 is 0. The molecule has 0 radical (unpaired) electrons. The molecule has 8 N–H and O–H groups in total. The number of nitrogens with zero attached hydrogens (tertiary/aromatic N) is 2. The number of aromatic amines is 1. The van der Waals surface area contributed by atoms with Gasteiger partial charge < -0.3 is 41.6 Å². The summed E-state index contributed by atoms with van der Waals surface area (Å²) in [6.07, 6.45) is 2.53. The fraction of sp³-hybridized carbons (Fsp3) is 0.458. The van der Waals surface area contributed by atoms with Crippen LogP contribution in [0.25, 0.3) is 0 Å². The second-order valence-corrected chi connectivity index (χ2v) is 9.07. The molecule has 200 valence electrons. The average molecular weight is 517 g/mol. The van der Waals surface area contributed by atoms with Gasteiger partial charge in [0.15, 0.2) is 0 Å². The minimum Gasteiger partial charge on any atom is -0.508 e. The minimum atomic E-state index is -1.43. The number of carboxylic acid groups (broad SMARTS) is 1. The van der Waals surface area contributed by atoms with Crippen LogP contribution in [0.3, 0.4) is 0 Å². The first-order chi connectivity index (χ1) is 17.6. The van der Waals surface area contributed by atoms with E-state index in [9.17, 15) is 34.5 Å². The van der Waals surface area contributed by atoms with E-state index in [2.05, 4.69) is 20.6 Å². The number of rotatable bonds is 11. The highest BCUT2D eigenvalue weighted by Gasteiger charge is 2.39. The molecule has 5 unspecified atom stereocenters. The second-order valence-electron chi connectivity index (χ2n) is 9.07. The zero-order chi connectivity index (χ0) is 27.1. The summed E-state index contributed by atoms with van der Waals surface area (Å²) in [5, 5.41) is 34.3. The van der Waals surface area contributed by atoms with Crippen LogP contribution in [0.4, 0.5) is 0 Å². The second kappa shape index (κ2) is 12.3. The molecule has 1 aromatic heterocycles. The van der Waals surface area contributed by atoms with Crippen molar-refractivity contribution < 1.29 is 34.5 Å². The number of H-pyrrole nitrogens is 1. The Hall–Kier alpha value is -3.97. The average Bonchev–Trinajstić information content (AvgIpc) is 3.55. The molecule has 1 fully saturated rings. The van der Waals surface area contributed by atoms with Gasteiger partial charge in [-0.3, -0.25) is 14.4 Å². The van der Waals surface area contributed by atoms with Crippen LogP contribution in [0, 0.1) is 0 Å². The number of nitrogens with one attached hydrogen (secondary N) is 3. The smallest absolute Gasteiger partial charge is 0.326 e. The lowest BCUT2D eigenvalue weighted by Gasteiger charge is -2.29. The van der Waals surface area contributed by atoms with Gasteiger partial charge in [0.2, 0.25) is 17.7 Å². The van der Waals surface area contributed by atoms with Gasteiger partial charge in [-0.25, -0.2) is 9.78 Å². The maximum atomic E-state index is 13.4. The number of carboxylic acids is 1. The molecule has 37 heavy (non-hydrogen) atoms. The van der Waals surface area contributed by atoms with Gasteiger partial charge in [-0.15, -0.1) is 0 Å². The molecule has 0 spiro atoms. The molecular weight excluding hydrogens is 484 g/mol. The van der Waals surface area contributed by atoms with E-state index in [-0.39, 0.29) is 25.1 Å². The molecule has 3 rings (SSSR count). The standard InChI is InChI=1S/C24H32N6O7/c1-13(31)20(29-21(33)17(25)10-15-11-26-12-27-15)22(34)28-18(9-14-4-6-16(32)7-5-14)23(35)30-8-2-3-19(30)24(36)37/h4-7,11-13,17-20,31-32H,2-3,8-10,25H2,1H3,(H,26,27)(H,28,34)(H,29,33)(H,36,37). The van der Waals surface area contributed by atoms with Crippen molar-refractivity contribution in [1.29, 1.82) is 0 Å². The largest absolute Gasteiger partial charge is 0.508 e. The van der Waals surface area contributed by atoms with Gasteiger partial charge in [-0.05, 0) is 37.5 Å². The first-order valence-corrected chi connectivity index (χ1v) is 11.9. The van der Waals surface area contributed by atoms with Gasteiger partial charge in [0.05, 0.1) is 18.5 Å². The predicted octanol–water partition coefficient (Wildman–Crippen LogP) is -1.35. The van der Waals surface area contributed by atoms with E-state index < -0.39 is 54.0 Å². The monoisotopic (exact) mass is 516 g/mol. The van der Waals surface area contributed by atoms with Gasteiger partial charge in [0.25, 0.3) is 0 Å². The van der Waals surface area contributed by atoms with E-state index >= 15 is 0 Å². The van der Waals surface area contributed by atoms with E-state index in [4.69, 9.17) is 5.73 Å². The first kappa shape index (κ1) is 27.6. The lowest BCUT2D eigenvalue weighted by molar-refractivity contribution is -0.149. The number of hydrogen-bond donors (Lipinski definition) is 7. The molecule has 0 saturated carbocycles. The number of aromatic nitrogens is 2. The summed E-state index contributed by atoms with van der Waals surface area (Å²) in [4.78, 5) is 58.7. The maximum Gasteiger partial charge on any atom is 0.326 e. The molecule has 0 aliphatic carbocycles. The highest BCUT2D eigenvalue weighted by molar-refractivity contribution is 5.94. The van der Waals surface area contributed by atoms with Crippen molar-refractivity contribution in [1.82, 2.24) is 25.5 Å². The fourth-order valence-electron chi connectivity index (χ4n) is 4.21. The molecule has 2 heterocycles. The fourth-order valence-corrected chi connectivity index (χ4v) is 4.21. The van der Waals surface area contributed by atoms with E-state index in [1.165, 1.54) is 36.5 Å². The van der Waals surface area contributed by atoms with Gasteiger partial charge in [0, 0.05) is 31.3 Å². The molecule has 5 atom stereocenters. The lowest BCUT2D eigenvalue weighted by Crippen LogP contribution is -2.60. The number of hydrogen-bond acceptors (Lipinski definition) is 8. The van der Waals surface area contributed by atoms with Crippen LogP contribution < -0.4 is 16.4 Å². The van der Waals surface area contributed by atoms with Crippen LogP contribution in [0.2, 0.25) is 0 Å². The number of likely N-dealkylation sites (tertiary alicyclic amines) is 1. The number of phenolic OH excluding ortho intramolecular Hbond substituents is 1. The highest BCUT2D eigenvalue weighted by atomic mass is 16.4. The number of aliphatic hydroxyl groups is 1. The van der Waals surface area contributed by atoms with Crippen molar-refractivity contribution in [3.8, 4) is 5.75 Å². The van der Waals surface area contributed by atoms with Crippen molar-refractivity contribution in [2.24, 2.45) is 5.73 Å². The number of amides is 3. The molecule has 1 aliphatic heterocycles. The Balaban J connectivity index is 1.76. The number of aliphatic hydroxyl groups excluding tert-OH is 1. The Bertz CT molecular complexity index is 1090. The normalized spacial score (nSPS) is 18.5. The predicted molar refractivity (Wildman–Crippen MR) is 130 cm³/mol. The topological polar surface area (TPSA) is 211 Å². The van der Waals surface area contributed by atoms with Gasteiger partial charge in [0.1, 0.15) is 23.9 Å². The zero-order valence-electron chi connectivity index (χ0n) is 20.3. The number of carbonyl (C=O) groups is 4. The van der Waals surface area contributed by atoms with Crippen LogP contribution in [-0.4, -0.2) is 90.7 Å².